The number of carbonyl (C=O) groups excluding carboxylic acids is 1. The molecule has 8 heteroatoms. The van der Waals surface area contributed by atoms with E-state index in [4.69, 9.17) is 9.72 Å². The molecule has 2 atom stereocenters. The molecule has 2 fully saturated rings. The maximum Gasteiger partial charge on any atom is 0.326 e. The summed E-state index contributed by atoms with van der Waals surface area (Å²) in [7, 11) is 0. The molecule has 1 aromatic heterocycles. The first-order valence-electron chi connectivity index (χ1n) is 12.5. The molecule has 0 bridgehead atoms. The molecule has 4 heterocycles. The number of likely N-dealkylation sites (tertiary alicyclic amines) is 1. The van der Waals surface area contributed by atoms with E-state index in [0.717, 1.165) is 56.8 Å². The number of rotatable bonds is 9. The summed E-state index contributed by atoms with van der Waals surface area (Å²) in [5.74, 6) is 0.546. The van der Waals surface area contributed by atoms with E-state index in [-0.39, 0.29) is 5.91 Å². The van der Waals surface area contributed by atoms with Gasteiger partial charge in [0.25, 0.3) is 0 Å². The first-order valence-corrected chi connectivity index (χ1v) is 12.5. The maximum atomic E-state index is 12.7. The molecule has 1 amide bonds. The third-order valence-electron chi connectivity index (χ3n) is 7.61. The standard InChI is InChI=1S/C25H38N4O4/c1-25(10-15-33-16-11-25)24(32)28-21(23(30)31)9-14-29-13-8-18(17-29)4-6-20-7-5-19-3-2-12-26-22(19)27-20/h5,7,18,21H,2-4,6,8-17H2,1H3,(H,26,27)(H,28,32)(H,30,31)/t18-,21+/m1/s1. The lowest BCUT2D eigenvalue weighted by molar-refractivity contribution is -0.145. The summed E-state index contributed by atoms with van der Waals surface area (Å²) < 4.78 is 5.36. The highest BCUT2D eigenvalue weighted by Gasteiger charge is 2.37. The zero-order valence-electron chi connectivity index (χ0n) is 19.8. The van der Waals surface area contributed by atoms with E-state index >= 15 is 0 Å². The van der Waals surface area contributed by atoms with Crippen LogP contribution in [0, 0.1) is 11.3 Å². The van der Waals surface area contributed by atoms with Crippen molar-refractivity contribution in [1.29, 1.82) is 0 Å². The van der Waals surface area contributed by atoms with Gasteiger partial charge in [0, 0.05) is 38.5 Å². The van der Waals surface area contributed by atoms with Gasteiger partial charge in [0.15, 0.2) is 0 Å². The highest BCUT2D eigenvalue weighted by Crippen LogP contribution is 2.30. The Morgan fingerprint density at radius 3 is 2.97 bits per heavy atom. The van der Waals surface area contributed by atoms with Gasteiger partial charge in [-0.3, -0.25) is 4.79 Å². The molecule has 2 saturated heterocycles. The Hall–Kier alpha value is -2.19. The number of carbonyl (C=O) groups is 2. The van der Waals surface area contributed by atoms with Crippen LogP contribution in [0.2, 0.25) is 0 Å². The zero-order valence-corrected chi connectivity index (χ0v) is 19.8. The minimum absolute atomic E-state index is 0.162. The summed E-state index contributed by atoms with van der Waals surface area (Å²) in [6.45, 7) is 6.67. The molecular weight excluding hydrogens is 420 g/mol. The van der Waals surface area contributed by atoms with Crippen LogP contribution in [0.15, 0.2) is 12.1 Å². The van der Waals surface area contributed by atoms with Crippen molar-refractivity contribution >= 4 is 17.7 Å². The van der Waals surface area contributed by atoms with E-state index in [9.17, 15) is 14.7 Å². The topological polar surface area (TPSA) is 104 Å². The first kappa shape index (κ1) is 24.0. The fourth-order valence-corrected chi connectivity index (χ4v) is 5.16. The third-order valence-corrected chi connectivity index (χ3v) is 7.61. The van der Waals surface area contributed by atoms with Gasteiger partial charge < -0.3 is 25.4 Å². The van der Waals surface area contributed by atoms with Crippen molar-refractivity contribution < 1.29 is 19.4 Å². The lowest BCUT2D eigenvalue weighted by atomic mass is 9.81. The number of aliphatic carboxylic acids is 1. The van der Waals surface area contributed by atoms with Gasteiger partial charge in [-0.2, -0.15) is 0 Å². The lowest BCUT2D eigenvalue weighted by Crippen LogP contribution is -2.50. The normalized spacial score (nSPS) is 23.4. The number of hydrogen-bond acceptors (Lipinski definition) is 6. The van der Waals surface area contributed by atoms with Gasteiger partial charge in [-0.15, -0.1) is 0 Å². The summed E-state index contributed by atoms with van der Waals surface area (Å²) in [5, 5.41) is 15.9. The summed E-state index contributed by atoms with van der Waals surface area (Å²) in [6.07, 6.45) is 7.18. The van der Waals surface area contributed by atoms with Crippen LogP contribution in [-0.4, -0.2) is 72.3 Å². The van der Waals surface area contributed by atoms with Gasteiger partial charge in [-0.1, -0.05) is 13.0 Å². The highest BCUT2D eigenvalue weighted by atomic mass is 16.5. The van der Waals surface area contributed by atoms with Gasteiger partial charge in [0.1, 0.15) is 11.9 Å². The number of fused-ring (bicyclic) bond motifs is 1. The molecule has 8 nitrogen and oxygen atoms in total. The quantitative estimate of drug-likeness (QED) is 0.522. The van der Waals surface area contributed by atoms with Crippen LogP contribution in [0.25, 0.3) is 0 Å². The minimum Gasteiger partial charge on any atom is -0.480 e. The van der Waals surface area contributed by atoms with Crippen molar-refractivity contribution in [2.45, 2.75) is 64.3 Å². The lowest BCUT2D eigenvalue weighted by Gasteiger charge is -2.33. The van der Waals surface area contributed by atoms with Gasteiger partial charge in [0.2, 0.25) is 5.91 Å². The number of carboxylic acids is 1. The second-order valence-corrected chi connectivity index (χ2v) is 10.2. The predicted molar refractivity (Wildman–Crippen MR) is 126 cm³/mol. The van der Waals surface area contributed by atoms with Gasteiger partial charge in [0.05, 0.1) is 5.41 Å². The molecule has 3 aliphatic heterocycles. The average Bonchev–Trinajstić information content (AvgIpc) is 3.28. The van der Waals surface area contributed by atoms with Crippen molar-refractivity contribution in [3.05, 3.63) is 23.4 Å². The molecule has 3 N–H and O–H groups in total. The van der Waals surface area contributed by atoms with E-state index in [1.165, 1.54) is 12.0 Å². The summed E-state index contributed by atoms with van der Waals surface area (Å²) >= 11 is 0. The number of ether oxygens (including phenoxy) is 1. The first-order chi connectivity index (χ1) is 15.9. The minimum atomic E-state index is -0.957. The van der Waals surface area contributed by atoms with Crippen molar-refractivity contribution in [1.82, 2.24) is 15.2 Å². The van der Waals surface area contributed by atoms with E-state index in [2.05, 4.69) is 27.7 Å². The van der Waals surface area contributed by atoms with Crippen LogP contribution in [0.3, 0.4) is 0 Å². The van der Waals surface area contributed by atoms with Gasteiger partial charge >= 0.3 is 5.97 Å². The number of nitrogens with zero attached hydrogens (tertiary/aromatic N) is 2. The number of nitrogens with one attached hydrogen (secondary N) is 2. The smallest absolute Gasteiger partial charge is 0.326 e. The fraction of sp³-hybridized carbons (Fsp3) is 0.720. The average molecular weight is 459 g/mol. The number of pyridine rings is 1. The molecule has 0 aromatic carbocycles. The Morgan fingerprint density at radius 1 is 1.36 bits per heavy atom. The molecule has 0 spiro atoms. The van der Waals surface area contributed by atoms with Gasteiger partial charge in [-0.25, -0.2) is 9.78 Å². The molecule has 3 aliphatic rings. The Morgan fingerprint density at radius 2 is 2.18 bits per heavy atom. The molecule has 4 rings (SSSR count). The number of anilines is 1. The number of carboxylic acid groups (broad SMARTS) is 1. The van der Waals surface area contributed by atoms with Crippen LogP contribution in [-0.2, 0) is 27.2 Å². The number of aromatic nitrogens is 1. The van der Waals surface area contributed by atoms with Gasteiger partial charge in [-0.05, 0) is 75.5 Å². The number of amides is 1. The predicted octanol–water partition coefficient (Wildman–Crippen LogP) is 2.47. The molecule has 0 radical (unpaired) electrons. The molecule has 0 aliphatic carbocycles. The van der Waals surface area contributed by atoms with Crippen molar-refractivity contribution in [2.75, 3.05) is 44.7 Å². The number of hydrogen-bond donors (Lipinski definition) is 3. The SMILES string of the molecule is CC1(C(=O)N[C@@H](CCN2CC[C@@H](CCc3ccc4c(n3)NCCC4)C2)C(=O)O)CCOCC1. The van der Waals surface area contributed by atoms with Crippen molar-refractivity contribution in [3.63, 3.8) is 0 Å². The summed E-state index contributed by atoms with van der Waals surface area (Å²) in [5.41, 5.74) is 1.94. The second kappa shape index (κ2) is 10.8. The van der Waals surface area contributed by atoms with Crippen LogP contribution in [0.4, 0.5) is 5.82 Å². The summed E-state index contributed by atoms with van der Waals surface area (Å²) in [4.78, 5) is 31.7. The van der Waals surface area contributed by atoms with E-state index < -0.39 is 17.4 Å². The van der Waals surface area contributed by atoms with Crippen molar-refractivity contribution in [2.24, 2.45) is 11.3 Å². The molecule has 182 valence electrons. The Labute approximate surface area is 196 Å². The molecule has 33 heavy (non-hydrogen) atoms. The summed E-state index contributed by atoms with van der Waals surface area (Å²) in [6, 6.07) is 3.53. The Kier molecular flexibility index (Phi) is 7.86. The van der Waals surface area contributed by atoms with E-state index in [1.807, 2.05) is 6.92 Å². The zero-order chi connectivity index (χ0) is 23.3. The third kappa shape index (κ3) is 6.23. The maximum absolute atomic E-state index is 12.7. The van der Waals surface area contributed by atoms with Crippen LogP contribution in [0.1, 0.15) is 56.7 Å². The molecular formula is C25H38N4O4. The molecule has 1 aromatic rings. The Balaban J connectivity index is 1.21. The van der Waals surface area contributed by atoms with E-state index in [0.29, 0.717) is 44.9 Å². The van der Waals surface area contributed by atoms with E-state index in [1.54, 1.807) is 0 Å². The van der Waals surface area contributed by atoms with Crippen LogP contribution < -0.4 is 10.6 Å². The van der Waals surface area contributed by atoms with Crippen LogP contribution >= 0.6 is 0 Å². The van der Waals surface area contributed by atoms with Crippen molar-refractivity contribution in [3.8, 4) is 0 Å². The fourth-order valence-electron chi connectivity index (χ4n) is 5.16. The largest absolute Gasteiger partial charge is 0.480 e. The van der Waals surface area contributed by atoms with Crippen LogP contribution in [0.5, 0.6) is 0 Å². The second-order valence-electron chi connectivity index (χ2n) is 10.2. The monoisotopic (exact) mass is 458 g/mol. The molecule has 0 unspecified atom stereocenters. The Bertz CT molecular complexity index is 840. The number of aryl methyl sites for hydroxylation is 2. The molecule has 0 saturated carbocycles. The highest BCUT2D eigenvalue weighted by molar-refractivity contribution is 5.87.